The van der Waals surface area contributed by atoms with Gasteiger partial charge in [-0.1, -0.05) is 32.9 Å². The van der Waals surface area contributed by atoms with Crippen LogP contribution >= 0.6 is 15.9 Å². The summed E-state index contributed by atoms with van der Waals surface area (Å²) in [4.78, 5) is 0.405. The lowest BCUT2D eigenvalue weighted by atomic mass is 9.87. The van der Waals surface area contributed by atoms with Crippen molar-refractivity contribution in [3.63, 3.8) is 0 Å². The van der Waals surface area contributed by atoms with Gasteiger partial charge in [-0.25, -0.2) is 0 Å². The summed E-state index contributed by atoms with van der Waals surface area (Å²) in [5.74, 6) is 0.535. The highest BCUT2D eigenvalue weighted by Crippen LogP contribution is 2.26. The predicted octanol–water partition coefficient (Wildman–Crippen LogP) is 3.80. The van der Waals surface area contributed by atoms with E-state index < -0.39 is 0 Å². The van der Waals surface area contributed by atoms with Crippen molar-refractivity contribution in [1.29, 1.82) is 0 Å². The Hall–Kier alpha value is -1.16. The van der Waals surface area contributed by atoms with Crippen molar-refractivity contribution in [2.75, 3.05) is 0 Å². The van der Waals surface area contributed by atoms with E-state index in [1.807, 2.05) is 12.1 Å². The van der Waals surface area contributed by atoms with Crippen LogP contribution in [-0.2, 0) is 5.41 Å². The number of hydrogen-bond donors (Lipinski definition) is 0. The summed E-state index contributed by atoms with van der Waals surface area (Å²) < 4.78 is 5.29. The van der Waals surface area contributed by atoms with Gasteiger partial charge < -0.3 is 4.42 Å². The van der Waals surface area contributed by atoms with E-state index in [0.717, 1.165) is 5.56 Å². The summed E-state index contributed by atoms with van der Waals surface area (Å²) in [5, 5.41) is 7.68. The number of aromatic nitrogens is 2. The first-order chi connectivity index (χ1) is 7.47. The molecular formula is C12H13BrN2O. The van der Waals surface area contributed by atoms with Crippen molar-refractivity contribution >= 4 is 15.9 Å². The molecule has 0 aliphatic rings. The normalized spacial score (nSPS) is 11.8. The first-order valence-electron chi connectivity index (χ1n) is 5.07. The maximum atomic E-state index is 5.29. The average Bonchev–Trinajstić information content (AvgIpc) is 2.64. The molecule has 1 aromatic carbocycles. The van der Waals surface area contributed by atoms with Crippen LogP contribution in [0.3, 0.4) is 0 Å². The van der Waals surface area contributed by atoms with Crippen molar-refractivity contribution in [1.82, 2.24) is 10.2 Å². The maximum absolute atomic E-state index is 5.29. The Morgan fingerprint density at radius 1 is 1.06 bits per heavy atom. The van der Waals surface area contributed by atoms with Crippen LogP contribution in [0.25, 0.3) is 11.5 Å². The highest BCUT2D eigenvalue weighted by atomic mass is 79.9. The molecule has 0 aliphatic heterocycles. The predicted molar refractivity (Wildman–Crippen MR) is 66.1 cm³/mol. The van der Waals surface area contributed by atoms with Gasteiger partial charge in [0, 0.05) is 21.5 Å². The highest BCUT2D eigenvalue weighted by molar-refractivity contribution is 9.10. The fourth-order valence-corrected chi connectivity index (χ4v) is 1.67. The van der Waals surface area contributed by atoms with Crippen LogP contribution in [0.5, 0.6) is 0 Å². The molecule has 16 heavy (non-hydrogen) atoms. The van der Waals surface area contributed by atoms with Gasteiger partial charge >= 0.3 is 0 Å². The molecule has 0 amide bonds. The molecular weight excluding hydrogens is 268 g/mol. The topological polar surface area (TPSA) is 38.9 Å². The standard InChI is InChI=1S/C12H13BrN2O/c1-12(2,3)9-6-4-8(5-7-9)10-14-15-11(13)16-10/h4-7H,1-3H3. The van der Waals surface area contributed by atoms with Crippen LogP contribution in [0.1, 0.15) is 26.3 Å². The molecule has 0 N–H and O–H groups in total. The Morgan fingerprint density at radius 2 is 1.69 bits per heavy atom. The molecule has 0 radical (unpaired) electrons. The van der Waals surface area contributed by atoms with Crippen molar-refractivity contribution in [2.45, 2.75) is 26.2 Å². The second kappa shape index (κ2) is 4.01. The molecule has 0 saturated carbocycles. The van der Waals surface area contributed by atoms with Crippen LogP contribution < -0.4 is 0 Å². The second-order valence-electron chi connectivity index (χ2n) is 4.69. The van der Waals surface area contributed by atoms with Gasteiger partial charge in [-0.05, 0) is 23.1 Å². The highest BCUT2D eigenvalue weighted by Gasteiger charge is 2.14. The minimum Gasteiger partial charge on any atom is -0.411 e. The molecule has 0 bridgehead atoms. The zero-order valence-electron chi connectivity index (χ0n) is 9.49. The molecule has 0 aliphatic carbocycles. The monoisotopic (exact) mass is 280 g/mol. The van der Waals surface area contributed by atoms with E-state index >= 15 is 0 Å². The van der Waals surface area contributed by atoms with Crippen LogP contribution in [-0.4, -0.2) is 10.2 Å². The van der Waals surface area contributed by atoms with E-state index in [9.17, 15) is 0 Å². The third kappa shape index (κ3) is 2.32. The van der Waals surface area contributed by atoms with Gasteiger partial charge in [-0.2, -0.15) is 0 Å². The summed E-state index contributed by atoms with van der Waals surface area (Å²) >= 11 is 3.14. The number of benzene rings is 1. The quantitative estimate of drug-likeness (QED) is 0.798. The number of hydrogen-bond acceptors (Lipinski definition) is 3. The number of halogens is 1. The third-order valence-corrected chi connectivity index (χ3v) is 2.72. The van der Waals surface area contributed by atoms with Crippen molar-refractivity contribution in [3.05, 3.63) is 34.6 Å². The molecule has 4 heteroatoms. The Balaban J connectivity index is 2.33. The fraction of sp³-hybridized carbons (Fsp3) is 0.333. The van der Waals surface area contributed by atoms with Gasteiger partial charge in [-0.3, -0.25) is 0 Å². The van der Waals surface area contributed by atoms with E-state index in [1.165, 1.54) is 5.56 Å². The minimum atomic E-state index is 0.161. The smallest absolute Gasteiger partial charge is 0.285 e. The maximum Gasteiger partial charge on any atom is 0.285 e. The zero-order chi connectivity index (χ0) is 11.8. The lowest BCUT2D eigenvalue weighted by molar-refractivity contribution is 0.540. The van der Waals surface area contributed by atoms with E-state index in [1.54, 1.807) is 0 Å². The number of nitrogens with zero attached hydrogens (tertiary/aromatic N) is 2. The average molecular weight is 281 g/mol. The van der Waals surface area contributed by atoms with Crippen molar-refractivity contribution in [3.8, 4) is 11.5 Å². The Morgan fingerprint density at radius 3 is 2.12 bits per heavy atom. The van der Waals surface area contributed by atoms with Gasteiger partial charge in [-0.15, -0.1) is 10.2 Å². The van der Waals surface area contributed by atoms with Crippen LogP contribution in [0.4, 0.5) is 0 Å². The molecule has 0 fully saturated rings. The van der Waals surface area contributed by atoms with Crippen molar-refractivity contribution in [2.24, 2.45) is 0 Å². The largest absolute Gasteiger partial charge is 0.411 e. The molecule has 2 rings (SSSR count). The first-order valence-corrected chi connectivity index (χ1v) is 5.86. The van der Waals surface area contributed by atoms with E-state index in [0.29, 0.717) is 10.7 Å². The van der Waals surface area contributed by atoms with Gasteiger partial charge in [0.15, 0.2) is 0 Å². The van der Waals surface area contributed by atoms with Gasteiger partial charge in [0.05, 0.1) is 0 Å². The van der Waals surface area contributed by atoms with Gasteiger partial charge in [0.25, 0.3) is 4.80 Å². The molecule has 3 nitrogen and oxygen atoms in total. The second-order valence-corrected chi connectivity index (χ2v) is 5.37. The van der Waals surface area contributed by atoms with Crippen LogP contribution in [0, 0.1) is 0 Å². The Labute approximate surface area is 103 Å². The van der Waals surface area contributed by atoms with Crippen LogP contribution in [0.2, 0.25) is 0 Å². The molecule has 0 unspecified atom stereocenters. The summed E-state index contributed by atoms with van der Waals surface area (Å²) in [6.45, 7) is 6.56. The van der Waals surface area contributed by atoms with Gasteiger partial charge in [0.2, 0.25) is 5.89 Å². The number of rotatable bonds is 1. The summed E-state index contributed by atoms with van der Waals surface area (Å²) in [5.41, 5.74) is 2.38. The molecule has 0 saturated heterocycles. The summed E-state index contributed by atoms with van der Waals surface area (Å²) in [6.07, 6.45) is 0. The van der Waals surface area contributed by atoms with Gasteiger partial charge in [0.1, 0.15) is 0 Å². The molecule has 0 spiro atoms. The molecule has 1 aromatic heterocycles. The minimum absolute atomic E-state index is 0.161. The summed E-state index contributed by atoms with van der Waals surface area (Å²) in [7, 11) is 0. The molecule has 1 heterocycles. The third-order valence-electron chi connectivity index (χ3n) is 2.40. The van der Waals surface area contributed by atoms with Crippen LogP contribution in [0.15, 0.2) is 33.5 Å². The molecule has 2 aromatic rings. The van der Waals surface area contributed by atoms with E-state index in [4.69, 9.17) is 4.42 Å². The molecule has 84 valence electrons. The zero-order valence-corrected chi connectivity index (χ0v) is 11.1. The lowest BCUT2D eigenvalue weighted by Gasteiger charge is -2.18. The van der Waals surface area contributed by atoms with E-state index in [-0.39, 0.29) is 5.41 Å². The Bertz CT molecular complexity index is 482. The van der Waals surface area contributed by atoms with Crippen molar-refractivity contribution < 1.29 is 4.42 Å². The SMILES string of the molecule is CC(C)(C)c1ccc(-c2nnc(Br)o2)cc1. The first kappa shape index (κ1) is 11.3. The molecule has 0 atom stereocenters. The fourth-order valence-electron chi connectivity index (χ4n) is 1.43. The summed E-state index contributed by atoms with van der Waals surface area (Å²) in [6, 6.07) is 8.18. The lowest BCUT2D eigenvalue weighted by Crippen LogP contribution is -2.10. The van der Waals surface area contributed by atoms with E-state index in [2.05, 4.69) is 59.0 Å². The Kier molecular flexibility index (Phi) is 2.84.